The molecular formula is C15H19N3O2. The van der Waals surface area contributed by atoms with Crippen LogP contribution in [0.2, 0.25) is 0 Å². The van der Waals surface area contributed by atoms with Crippen molar-refractivity contribution in [3.8, 4) is 0 Å². The summed E-state index contributed by atoms with van der Waals surface area (Å²) in [7, 11) is 1.95. The molecule has 0 aliphatic carbocycles. The van der Waals surface area contributed by atoms with E-state index in [9.17, 15) is 4.79 Å². The molecule has 0 spiro atoms. The molecule has 1 aliphatic rings. The van der Waals surface area contributed by atoms with Gasteiger partial charge in [0, 0.05) is 26.6 Å². The molecular weight excluding hydrogens is 254 g/mol. The van der Waals surface area contributed by atoms with E-state index in [1.165, 1.54) is 0 Å². The fourth-order valence-corrected chi connectivity index (χ4v) is 2.61. The first-order valence-electron chi connectivity index (χ1n) is 6.98. The minimum Gasteiger partial charge on any atom is -0.375 e. The lowest BCUT2D eigenvalue weighted by Crippen LogP contribution is -2.39. The topological polar surface area (TPSA) is 56.2 Å². The molecule has 1 saturated heterocycles. The molecule has 0 amide bonds. The fourth-order valence-electron chi connectivity index (χ4n) is 2.61. The molecule has 5 nitrogen and oxygen atoms in total. The SMILES string of the molecule is Cn1c(CC(=O)CC2CNCCO2)nc2ccccc21. The van der Waals surface area contributed by atoms with E-state index in [1.54, 1.807) is 0 Å². The molecule has 1 aliphatic heterocycles. The summed E-state index contributed by atoms with van der Waals surface area (Å²) in [5, 5.41) is 3.24. The number of fused-ring (bicyclic) bond motifs is 1. The monoisotopic (exact) mass is 273 g/mol. The summed E-state index contributed by atoms with van der Waals surface area (Å²) in [4.78, 5) is 16.7. The van der Waals surface area contributed by atoms with E-state index in [4.69, 9.17) is 4.74 Å². The Kier molecular flexibility index (Phi) is 3.80. The van der Waals surface area contributed by atoms with Crippen molar-refractivity contribution in [2.24, 2.45) is 7.05 Å². The Hall–Kier alpha value is -1.72. The van der Waals surface area contributed by atoms with Crippen LogP contribution in [0.5, 0.6) is 0 Å². The van der Waals surface area contributed by atoms with Gasteiger partial charge in [0.25, 0.3) is 0 Å². The van der Waals surface area contributed by atoms with Crippen LogP contribution in [0.15, 0.2) is 24.3 Å². The molecule has 1 fully saturated rings. The highest BCUT2D eigenvalue weighted by Crippen LogP contribution is 2.15. The Morgan fingerprint density at radius 1 is 1.50 bits per heavy atom. The third kappa shape index (κ3) is 2.73. The van der Waals surface area contributed by atoms with Crippen LogP contribution in [0.3, 0.4) is 0 Å². The number of nitrogens with one attached hydrogen (secondary N) is 1. The summed E-state index contributed by atoms with van der Waals surface area (Å²) in [5.41, 5.74) is 2.00. The van der Waals surface area contributed by atoms with Crippen LogP contribution in [0.1, 0.15) is 12.2 Å². The standard InChI is InChI=1S/C15H19N3O2/c1-18-14-5-3-2-4-13(14)17-15(18)9-11(19)8-12-10-16-6-7-20-12/h2-5,12,16H,6-10H2,1H3. The maximum Gasteiger partial charge on any atom is 0.143 e. The van der Waals surface area contributed by atoms with Crippen molar-refractivity contribution >= 4 is 16.8 Å². The van der Waals surface area contributed by atoms with Crippen molar-refractivity contribution in [2.75, 3.05) is 19.7 Å². The molecule has 1 atom stereocenters. The number of benzene rings is 1. The van der Waals surface area contributed by atoms with Gasteiger partial charge in [-0.3, -0.25) is 4.79 Å². The van der Waals surface area contributed by atoms with Crippen molar-refractivity contribution in [3.63, 3.8) is 0 Å². The number of aryl methyl sites for hydroxylation is 1. The fraction of sp³-hybridized carbons (Fsp3) is 0.467. The van der Waals surface area contributed by atoms with Crippen molar-refractivity contribution in [2.45, 2.75) is 18.9 Å². The zero-order valence-electron chi connectivity index (χ0n) is 11.6. The summed E-state index contributed by atoms with van der Waals surface area (Å²) in [5.74, 6) is 0.997. The number of imidazole rings is 1. The second kappa shape index (κ2) is 5.73. The maximum absolute atomic E-state index is 12.1. The number of ketones is 1. The number of rotatable bonds is 4. The number of para-hydroxylation sites is 2. The lowest BCUT2D eigenvalue weighted by Gasteiger charge is -2.22. The Bertz CT molecular complexity index is 615. The molecule has 3 rings (SSSR count). The number of nitrogens with zero attached hydrogens (tertiary/aromatic N) is 2. The van der Waals surface area contributed by atoms with Crippen molar-refractivity contribution < 1.29 is 9.53 Å². The summed E-state index contributed by atoms with van der Waals surface area (Å²) < 4.78 is 7.56. The molecule has 1 aromatic heterocycles. The highest BCUT2D eigenvalue weighted by atomic mass is 16.5. The van der Waals surface area contributed by atoms with Crippen molar-refractivity contribution in [1.29, 1.82) is 0 Å². The van der Waals surface area contributed by atoms with Crippen molar-refractivity contribution in [1.82, 2.24) is 14.9 Å². The lowest BCUT2D eigenvalue weighted by atomic mass is 10.1. The Balaban J connectivity index is 1.69. The molecule has 0 bridgehead atoms. The number of ether oxygens (including phenoxy) is 1. The maximum atomic E-state index is 12.1. The van der Waals surface area contributed by atoms with Crippen LogP contribution in [0.25, 0.3) is 11.0 Å². The van der Waals surface area contributed by atoms with E-state index >= 15 is 0 Å². The molecule has 0 radical (unpaired) electrons. The van der Waals surface area contributed by atoms with Gasteiger partial charge in [-0.25, -0.2) is 4.98 Å². The highest BCUT2D eigenvalue weighted by molar-refractivity contribution is 5.82. The number of carbonyl (C=O) groups is 1. The lowest BCUT2D eigenvalue weighted by molar-refractivity contribution is -0.121. The number of carbonyl (C=O) groups excluding carboxylic acids is 1. The van der Waals surface area contributed by atoms with E-state index in [0.717, 1.165) is 29.9 Å². The first kappa shape index (κ1) is 13.3. The van der Waals surface area contributed by atoms with Gasteiger partial charge in [0.15, 0.2) is 0 Å². The smallest absolute Gasteiger partial charge is 0.143 e. The van der Waals surface area contributed by atoms with Crippen LogP contribution < -0.4 is 5.32 Å². The van der Waals surface area contributed by atoms with Gasteiger partial charge in [0.1, 0.15) is 11.6 Å². The number of Topliss-reactive ketones (excluding diaryl/α,β-unsaturated/α-hetero) is 1. The van der Waals surface area contributed by atoms with E-state index in [1.807, 2.05) is 35.9 Å². The van der Waals surface area contributed by atoms with Crippen LogP contribution in [-0.2, 0) is 23.0 Å². The number of hydrogen-bond acceptors (Lipinski definition) is 4. The first-order valence-corrected chi connectivity index (χ1v) is 6.98. The minimum atomic E-state index is 0.00549. The molecule has 1 N–H and O–H groups in total. The van der Waals surface area contributed by atoms with Crippen LogP contribution in [0, 0.1) is 0 Å². The van der Waals surface area contributed by atoms with E-state index in [0.29, 0.717) is 19.4 Å². The van der Waals surface area contributed by atoms with Gasteiger partial charge in [-0.15, -0.1) is 0 Å². The summed E-state index contributed by atoms with van der Waals surface area (Å²) >= 11 is 0. The summed E-state index contributed by atoms with van der Waals surface area (Å²) in [6.07, 6.45) is 0.826. The highest BCUT2D eigenvalue weighted by Gasteiger charge is 2.19. The molecule has 1 unspecified atom stereocenters. The normalized spacial score (nSPS) is 19.4. The predicted octanol–water partition coefficient (Wildman–Crippen LogP) is 1.06. The van der Waals surface area contributed by atoms with Gasteiger partial charge in [-0.2, -0.15) is 0 Å². The Labute approximate surface area is 117 Å². The van der Waals surface area contributed by atoms with Gasteiger partial charge in [-0.1, -0.05) is 12.1 Å². The third-order valence-corrected chi connectivity index (χ3v) is 3.69. The first-order chi connectivity index (χ1) is 9.74. The van der Waals surface area contributed by atoms with Gasteiger partial charge in [0.05, 0.1) is 30.2 Å². The zero-order chi connectivity index (χ0) is 13.9. The quantitative estimate of drug-likeness (QED) is 0.905. The molecule has 106 valence electrons. The van der Waals surface area contributed by atoms with E-state index in [-0.39, 0.29) is 11.9 Å². The van der Waals surface area contributed by atoms with Gasteiger partial charge >= 0.3 is 0 Å². The number of aromatic nitrogens is 2. The summed E-state index contributed by atoms with van der Waals surface area (Å²) in [6, 6.07) is 7.93. The van der Waals surface area contributed by atoms with E-state index in [2.05, 4.69) is 10.3 Å². The third-order valence-electron chi connectivity index (χ3n) is 3.69. The number of hydrogen-bond donors (Lipinski definition) is 1. The molecule has 2 aromatic rings. The Morgan fingerprint density at radius 2 is 2.35 bits per heavy atom. The van der Waals surface area contributed by atoms with Crippen LogP contribution in [0.4, 0.5) is 0 Å². The molecule has 0 saturated carbocycles. The molecule has 20 heavy (non-hydrogen) atoms. The van der Waals surface area contributed by atoms with Crippen molar-refractivity contribution in [3.05, 3.63) is 30.1 Å². The largest absolute Gasteiger partial charge is 0.375 e. The Morgan fingerprint density at radius 3 is 3.10 bits per heavy atom. The average molecular weight is 273 g/mol. The van der Waals surface area contributed by atoms with Crippen LogP contribution >= 0.6 is 0 Å². The summed E-state index contributed by atoms with van der Waals surface area (Å²) in [6.45, 7) is 2.31. The van der Waals surface area contributed by atoms with Gasteiger partial charge in [-0.05, 0) is 12.1 Å². The molecule has 2 heterocycles. The van der Waals surface area contributed by atoms with Crippen LogP contribution in [-0.4, -0.2) is 41.1 Å². The number of morpholine rings is 1. The second-order valence-corrected chi connectivity index (χ2v) is 5.19. The average Bonchev–Trinajstić information content (AvgIpc) is 2.77. The predicted molar refractivity (Wildman–Crippen MR) is 76.7 cm³/mol. The second-order valence-electron chi connectivity index (χ2n) is 5.19. The zero-order valence-corrected chi connectivity index (χ0v) is 11.6. The molecule has 1 aromatic carbocycles. The van der Waals surface area contributed by atoms with Gasteiger partial charge in [0.2, 0.25) is 0 Å². The van der Waals surface area contributed by atoms with Gasteiger partial charge < -0.3 is 14.6 Å². The molecule has 5 heteroatoms. The van der Waals surface area contributed by atoms with E-state index < -0.39 is 0 Å². The minimum absolute atomic E-state index is 0.00549.